The van der Waals surface area contributed by atoms with Crippen LogP contribution in [0.3, 0.4) is 0 Å². The lowest BCUT2D eigenvalue weighted by atomic mass is 9.97. The lowest BCUT2D eigenvalue weighted by Crippen LogP contribution is -2.27. The Bertz CT molecular complexity index is 282. The van der Waals surface area contributed by atoms with E-state index in [0.717, 1.165) is 0 Å². The minimum Gasteiger partial charge on any atom is -0.388 e. The van der Waals surface area contributed by atoms with E-state index in [4.69, 9.17) is 16.3 Å². The van der Waals surface area contributed by atoms with Gasteiger partial charge < -0.3 is 11.1 Å². The van der Waals surface area contributed by atoms with Crippen LogP contribution < -0.4 is 11.1 Å². The van der Waals surface area contributed by atoms with Crippen molar-refractivity contribution in [2.24, 2.45) is 11.1 Å². The van der Waals surface area contributed by atoms with Crippen LogP contribution >= 0.6 is 0 Å². The lowest BCUT2D eigenvalue weighted by Gasteiger charge is -2.18. The molecule has 0 aromatic carbocycles. The maximum Gasteiger partial charge on any atom is 0.147 e. The van der Waals surface area contributed by atoms with Crippen LogP contribution in [0.15, 0.2) is 11.4 Å². The molecule has 0 fully saturated rings. The van der Waals surface area contributed by atoms with Crippen molar-refractivity contribution in [1.82, 2.24) is 5.32 Å². The quantitative estimate of drug-likeness (QED) is 0.613. The fourth-order valence-electron chi connectivity index (χ4n) is 0.604. The highest BCUT2D eigenvalue weighted by Crippen LogP contribution is 2.11. The molecule has 0 saturated heterocycles. The van der Waals surface area contributed by atoms with Gasteiger partial charge in [-0.15, -0.1) is 0 Å². The van der Waals surface area contributed by atoms with Crippen molar-refractivity contribution in [3.8, 4) is 12.1 Å². The topological polar surface area (TPSA) is 85.6 Å². The molecule has 0 saturated carbocycles. The first-order valence-corrected chi connectivity index (χ1v) is 3.94. The van der Waals surface area contributed by atoms with Crippen LogP contribution in [0, 0.1) is 28.1 Å². The number of nitrogens with zero attached hydrogens (tertiary/aromatic N) is 2. The van der Waals surface area contributed by atoms with Crippen molar-refractivity contribution < 1.29 is 0 Å². The van der Waals surface area contributed by atoms with Crippen molar-refractivity contribution >= 4 is 0 Å². The summed E-state index contributed by atoms with van der Waals surface area (Å²) in [5.74, 6) is 0. The monoisotopic (exact) mass is 178 g/mol. The average molecular weight is 178 g/mol. The Labute approximate surface area is 78.6 Å². The van der Waals surface area contributed by atoms with Gasteiger partial charge in [-0.1, -0.05) is 20.8 Å². The molecule has 3 N–H and O–H groups in total. The van der Waals surface area contributed by atoms with Crippen molar-refractivity contribution in [2.45, 2.75) is 20.8 Å². The first-order chi connectivity index (χ1) is 5.90. The second kappa shape index (κ2) is 4.37. The number of nitriles is 2. The average Bonchev–Trinajstić information content (AvgIpc) is 2.03. The Kier molecular flexibility index (Phi) is 3.81. The Hall–Kier alpha value is -1.68. The van der Waals surface area contributed by atoms with Crippen LogP contribution in [0.5, 0.6) is 0 Å². The Morgan fingerprint density at radius 3 is 2.15 bits per heavy atom. The number of allylic oxidation sites excluding steroid dienone is 2. The predicted molar refractivity (Wildman–Crippen MR) is 49.9 cm³/mol. The molecule has 0 amide bonds. The van der Waals surface area contributed by atoms with Gasteiger partial charge in [0.15, 0.2) is 0 Å². The Morgan fingerprint density at radius 1 is 1.31 bits per heavy atom. The van der Waals surface area contributed by atoms with Gasteiger partial charge in [0.2, 0.25) is 0 Å². The van der Waals surface area contributed by atoms with Gasteiger partial charge in [0.05, 0.1) is 0 Å². The van der Waals surface area contributed by atoms with Gasteiger partial charge in [-0.25, -0.2) is 0 Å². The highest BCUT2D eigenvalue weighted by Gasteiger charge is 2.11. The van der Waals surface area contributed by atoms with Crippen LogP contribution in [-0.4, -0.2) is 6.54 Å². The van der Waals surface area contributed by atoms with E-state index >= 15 is 0 Å². The zero-order valence-electron chi connectivity index (χ0n) is 8.18. The van der Waals surface area contributed by atoms with Crippen LogP contribution in [-0.2, 0) is 0 Å². The molecule has 70 valence electrons. The summed E-state index contributed by atoms with van der Waals surface area (Å²) < 4.78 is 0. The molecular formula is C9H14N4. The zero-order valence-corrected chi connectivity index (χ0v) is 8.18. The van der Waals surface area contributed by atoms with Gasteiger partial charge in [0.1, 0.15) is 23.5 Å². The minimum atomic E-state index is -0.0632. The molecule has 0 aromatic heterocycles. The molecule has 4 nitrogen and oxygen atoms in total. The van der Waals surface area contributed by atoms with Crippen molar-refractivity contribution in [3.63, 3.8) is 0 Å². The van der Waals surface area contributed by atoms with Crippen molar-refractivity contribution in [3.05, 3.63) is 11.4 Å². The highest BCUT2D eigenvalue weighted by atomic mass is 14.9. The molecule has 0 atom stereocenters. The molecule has 0 aliphatic rings. The first kappa shape index (κ1) is 11.3. The van der Waals surface area contributed by atoms with Crippen LogP contribution in [0.25, 0.3) is 0 Å². The molecule has 0 aliphatic carbocycles. The number of nitrogens with two attached hydrogens (primary N) is 1. The lowest BCUT2D eigenvalue weighted by molar-refractivity contribution is 0.398. The molecule has 4 heteroatoms. The molecule has 13 heavy (non-hydrogen) atoms. The molecule has 0 spiro atoms. The number of rotatable bonds is 2. The summed E-state index contributed by atoms with van der Waals surface area (Å²) in [6, 6.07) is 3.57. The summed E-state index contributed by atoms with van der Waals surface area (Å²) in [5, 5.41) is 19.9. The number of nitrogens with one attached hydrogen (secondary N) is 1. The van der Waals surface area contributed by atoms with Gasteiger partial charge in [-0.05, 0) is 5.41 Å². The third kappa shape index (κ3) is 4.71. The second-order valence-electron chi connectivity index (χ2n) is 3.93. The van der Waals surface area contributed by atoms with E-state index in [1.165, 1.54) is 0 Å². The van der Waals surface area contributed by atoms with E-state index in [1.807, 2.05) is 26.8 Å². The second-order valence-corrected chi connectivity index (χ2v) is 3.93. The van der Waals surface area contributed by atoms with E-state index in [-0.39, 0.29) is 16.8 Å². The Morgan fingerprint density at radius 2 is 1.85 bits per heavy atom. The predicted octanol–water partition coefficient (Wildman–Crippen LogP) is 0.840. The molecular weight excluding hydrogens is 164 g/mol. The molecule has 0 rings (SSSR count). The van der Waals surface area contributed by atoms with E-state index in [9.17, 15) is 0 Å². The standard InChI is InChI=1S/C9H14N4/c1-9(2,3)6-13-8(5-11)7(12)4-10/h13H,6,12H2,1-3H3. The molecule has 0 radical (unpaired) electrons. The fourth-order valence-corrected chi connectivity index (χ4v) is 0.604. The first-order valence-electron chi connectivity index (χ1n) is 3.94. The molecule has 0 aromatic rings. The van der Waals surface area contributed by atoms with Gasteiger partial charge in [0.25, 0.3) is 0 Å². The Balaban J connectivity index is 4.38. The van der Waals surface area contributed by atoms with Crippen LogP contribution in [0.4, 0.5) is 0 Å². The minimum absolute atomic E-state index is 0.0534. The maximum atomic E-state index is 8.62. The number of hydrogen-bond donors (Lipinski definition) is 2. The number of hydrogen-bond acceptors (Lipinski definition) is 4. The summed E-state index contributed by atoms with van der Waals surface area (Å²) >= 11 is 0. The summed E-state index contributed by atoms with van der Waals surface area (Å²) in [6.07, 6.45) is 0. The zero-order chi connectivity index (χ0) is 10.5. The smallest absolute Gasteiger partial charge is 0.147 e. The van der Waals surface area contributed by atoms with E-state index in [1.54, 1.807) is 6.07 Å². The molecule has 0 unspecified atom stereocenters. The van der Waals surface area contributed by atoms with Gasteiger partial charge in [-0.3, -0.25) is 0 Å². The summed E-state index contributed by atoms with van der Waals surface area (Å²) in [7, 11) is 0. The molecule has 0 aliphatic heterocycles. The van der Waals surface area contributed by atoms with Crippen LogP contribution in [0.1, 0.15) is 20.8 Å². The van der Waals surface area contributed by atoms with E-state index < -0.39 is 0 Å². The third-order valence-electron chi connectivity index (χ3n) is 1.30. The van der Waals surface area contributed by atoms with E-state index in [0.29, 0.717) is 6.54 Å². The third-order valence-corrected chi connectivity index (χ3v) is 1.30. The van der Waals surface area contributed by atoms with Crippen molar-refractivity contribution in [1.29, 1.82) is 10.5 Å². The summed E-state index contributed by atoms with van der Waals surface area (Å²) in [6.45, 7) is 6.69. The normalized spacial score (nSPS) is 12.4. The van der Waals surface area contributed by atoms with Crippen molar-refractivity contribution in [2.75, 3.05) is 6.54 Å². The largest absolute Gasteiger partial charge is 0.388 e. The van der Waals surface area contributed by atoms with Gasteiger partial charge in [0, 0.05) is 6.54 Å². The van der Waals surface area contributed by atoms with Gasteiger partial charge in [-0.2, -0.15) is 10.5 Å². The van der Waals surface area contributed by atoms with Gasteiger partial charge >= 0.3 is 0 Å². The SMILES string of the molecule is CC(C)(C)CNC(C#N)=C(N)C#N. The highest BCUT2D eigenvalue weighted by molar-refractivity contribution is 5.32. The molecule has 0 bridgehead atoms. The maximum absolute atomic E-state index is 8.62. The summed E-state index contributed by atoms with van der Waals surface area (Å²) in [5.41, 5.74) is 5.43. The van der Waals surface area contributed by atoms with Crippen LogP contribution in [0.2, 0.25) is 0 Å². The molecule has 0 heterocycles. The summed E-state index contributed by atoms with van der Waals surface area (Å²) in [4.78, 5) is 0. The fraction of sp³-hybridized carbons (Fsp3) is 0.556. The van der Waals surface area contributed by atoms with E-state index in [2.05, 4.69) is 5.32 Å².